The van der Waals surface area contributed by atoms with Crippen molar-refractivity contribution >= 4 is 11.8 Å². The van der Waals surface area contributed by atoms with Gasteiger partial charge in [0.05, 0.1) is 17.7 Å². The molecule has 0 radical (unpaired) electrons. The average Bonchev–Trinajstić information content (AvgIpc) is 2.51. The van der Waals surface area contributed by atoms with Crippen LogP contribution in [-0.4, -0.2) is 53.5 Å². The van der Waals surface area contributed by atoms with Gasteiger partial charge < -0.3 is 15.3 Å². The largest absolute Gasteiger partial charge is 0.384 e. The zero-order valence-electron chi connectivity index (χ0n) is 12.2. The lowest BCUT2D eigenvalue weighted by molar-refractivity contribution is -0.121. The van der Waals surface area contributed by atoms with E-state index in [4.69, 9.17) is 5.11 Å². The van der Waals surface area contributed by atoms with Crippen LogP contribution in [0.1, 0.15) is 29.3 Å². The number of carbonyl (C=O) groups excluding carboxylic acids is 2. The minimum atomic E-state index is -0.292. The average molecular weight is 289 g/mol. The number of rotatable bonds is 5. The third-order valence-corrected chi connectivity index (χ3v) is 2.75. The summed E-state index contributed by atoms with van der Waals surface area (Å²) in [5.41, 5.74) is 0.817. The van der Waals surface area contributed by atoms with E-state index < -0.39 is 0 Å². The van der Waals surface area contributed by atoms with Crippen LogP contribution >= 0.6 is 0 Å². The molecule has 1 aromatic rings. The summed E-state index contributed by atoms with van der Waals surface area (Å²) >= 11 is 0. The Bertz CT molecular complexity index is 561. The number of aliphatic hydroxyl groups is 1. The van der Waals surface area contributed by atoms with E-state index in [1.807, 2.05) is 6.92 Å². The van der Waals surface area contributed by atoms with Gasteiger partial charge in [0.25, 0.3) is 5.91 Å². The molecule has 2 N–H and O–H groups in total. The van der Waals surface area contributed by atoms with Gasteiger partial charge in [-0.2, -0.15) is 0 Å². The van der Waals surface area contributed by atoms with Crippen LogP contribution in [0.25, 0.3) is 0 Å². The van der Waals surface area contributed by atoms with Crippen molar-refractivity contribution in [3.63, 3.8) is 0 Å². The maximum absolute atomic E-state index is 12.6. The molecule has 0 saturated heterocycles. The highest BCUT2D eigenvalue weighted by Crippen LogP contribution is 2.10. The first-order chi connectivity index (χ1) is 10.1. The highest BCUT2D eigenvalue weighted by atomic mass is 16.2. The number of aromatic nitrogens is 1. The van der Waals surface area contributed by atoms with Gasteiger partial charge in [-0.15, -0.1) is 0 Å². The lowest BCUT2D eigenvalue weighted by Gasteiger charge is -2.21. The molecule has 0 aromatic carbocycles. The van der Waals surface area contributed by atoms with E-state index in [1.54, 1.807) is 6.07 Å². The summed E-state index contributed by atoms with van der Waals surface area (Å²) in [4.78, 5) is 29.5. The lowest BCUT2D eigenvalue weighted by Crippen LogP contribution is -2.40. The van der Waals surface area contributed by atoms with Crippen molar-refractivity contribution in [2.75, 3.05) is 26.7 Å². The first-order valence-electron chi connectivity index (χ1n) is 6.67. The zero-order valence-corrected chi connectivity index (χ0v) is 12.2. The van der Waals surface area contributed by atoms with E-state index in [0.717, 1.165) is 6.42 Å². The summed E-state index contributed by atoms with van der Waals surface area (Å²) in [6.07, 6.45) is 3.72. The molecule has 0 bridgehead atoms. The number of nitrogens with zero attached hydrogens (tertiary/aromatic N) is 2. The first kappa shape index (κ1) is 16.7. The molecule has 6 nitrogen and oxygen atoms in total. The van der Waals surface area contributed by atoms with Crippen LogP contribution in [0.5, 0.6) is 0 Å². The maximum atomic E-state index is 12.6. The second kappa shape index (κ2) is 8.72. The van der Waals surface area contributed by atoms with E-state index in [-0.39, 0.29) is 25.0 Å². The molecule has 1 rings (SSSR count). The minimum Gasteiger partial charge on any atom is -0.384 e. The Balaban J connectivity index is 3.05. The van der Waals surface area contributed by atoms with Gasteiger partial charge in [-0.1, -0.05) is 18.8 Å². The molecule has 0 atom stereocenters. The number of hydrogen-bond donors (Lipinski definition) is 2. The molecule has 0 spiro atoms. The SMILES string of the molecule is CCCN(CC(=O)NC)C(=O)c1ccncc1C#CCO. The Labute approximate surface area is 124 Å². The van der Waals surface area contributed by atoms with E-state index in [1.165, 1.54) is 24.3 Å². The normalized spacial score (nSPS) is 9.48. The van der Waals surface area contributed by atoms with Gasteiger partial charge in [-0.3, -0.25) is 14.6 Å². The van der Waals surface area contributed by atoms with Crippen molar-refractivity contribution in [3.8, 4) is 11.8 Å². The second-order valence-corrected chi connectivity index (χ2v) is 4.28. The molecule has 21 heavy (non-hydrogen) atoms. The third kappa shape index (κ3) is 4.89. The van der Waals surface area contributed by atoms with Gasteiger partial charge >= 0.3 is 0 Å². The van der Waals surface area contributed by atoms with E-state index in [0.29, 0.717) is 17.7 Å². The van der Waals surface area contributed by atoms with Crippen molar-refractivity contribution in [1.82, 2.24) is 15.2 Å². The molecule has 1 aromatic heterocycles. The molecular formula is C15H19N3O3. The summed E-state index contributed by atoms with van der Waals surface area (Å²) in [5, 5.41) is 11.3. The lowest BCUT2D eigenvalue weighted by atomic mass is 10.1. The Morgan fingerprint density at radius 1 is 1.48 bits per heavy atom. The second-order valence-electron chi connectivity index (χ2n) is 4.28. The number of nitrogens with one attached hydrogen (secondary N) is 1. The molecule has 6 heteroatoms. The topological polar surface area (TPSA) is 82.5 Å². The quantitative estimate of drug-likeness (QED) is 0.749. The van der Waals surface area contributed by atoms with Gasteiger partial charge in [-0.05, 0) is 12.5 Å². The van der Waals surface area contributed by atoms with Crippen LogP contribution in [0.15, 0.2) is 18.5 Å². The number of aliphatic hydroxyl groups excluding tert-OH is 1. The number of hydrogen-bond acceptors (Lipinski definition) is 4. The van der Waals surface area contributed by atoms with Crippen LogP contribution in [0.4, 0.5) is 0 Å². The fourth-order valence-corrected chi connectivity index (χ4v) is 1.76. The number of pyridine rings is 1. The van der Waals surface area contributed by atoms with Gasteiger partial charge in [-0.25, -0.2) is 0 Å². The number of likely N-dealkylation sites (N-methyl/N-ethyl adjacent to an activating group) is 1. The van der Waals surface area contributed by atoms with Crippen LogP contribution in [0.2, 0.25) is 0 Å². The summed E-state index contributed by atoms with van der Waals surface area (Å²) in [6, 6.07) is 1.57. The Kier molecular flexibility index (Phi) is 6.92. The summed E-state index contributed by atoms with van der Waals surface area (Å²) in [5.74, 6) is 4.69. The third-order valence-electron chi connectivity index (χ3n) is 2.75. The van der Waals surface area contributed by atoms with Crippen molar-refractivity contribution in [2.45, 2.75) is 13.3 Å². The zero-order chi connectivity index (χ0) is 15.7. The fraction of sp³-hybridized carbons (Fsp3) is 0.400. The summed E-state index contributed by atoms with van der Waals surface area (Å²) < 4.78 is 0. The molecule has 0 saturated carbocycles. The van der Waals surface area contributed by atoms with E-state index in [2.05, 4.69) is 22.1 Å². The summed E-state index contributed by atoms with van der Waals surface area (Å²) in [6.45, 7) is 2.11. The summed E-state index contributed by atoms with van der Waals surface area (Å²) in [7, 11) is 1.53. The highest BCUT2D eigenvalue weighted by molar-refractivity contribution is 5.98. The molecule has 2 amide bonds. The molecule has 0 aliphatic heterocycles. The van der Waals surface area contributed by atoms with Gasteiger partial charge in [0.15, 0.2) is 0 Å². The molecule has 0 unspecified atom stereocenters. The molecule has 0 aliphatic carbocycles. The smallest absolute Gasteiger partial charge is 0.255 e. The number of carbonyl (C=O) groups is 2. The van der Waals surface area contributed by atoms with Gasteiger partial charge in [0, 0.05) is 26.0 Å². The monoisotopic (exact) mass is 289 g/mol. The van der Waals surface area contributed by atoms with Crippen molar-refractivity contribution in [2.24, 2.45) is 0 Å². The number of amides is 2. The molecule has 1 heterocycles. The van der Waals surface area contributed by atoms with E-state index >= 15 is 0 Å². The maximum Gasteiger partial charge on any atom is 0.255 e. The highest BCUT2D eigenvalue weighted by Gasteiger charge is 2.19. The minimum absolute atomic E-state index is 0.00162. The van der Waals surface area contributed by atoms with Crippen LogP contribution < -0.4 is 5.32 Å². The van der Waals surface area contributed by atoms with E-state index in [9.17, 15) is 9.59 Å². The first-order valence-corrected chi connectivity index (χ1v) is 6.67. The Hall–Kier alpha value is -2.39. The molecule has 112 valence electrons. The van der Waals surface area contributed by atoms with Crippen molar-refractivity contribution in [1.29, 1.82) is 0 Å². The van der Waals surface area contributed by atoms with Gasteiger partial charge in [0.2, 0.25) is 5.91 Å². The Morgan fingerprint density at radius 3 is 2.86 bits per heavy atom. The standard InChI is InChI=1S/C15H19N3O3/c1-3-8-18(11-14(20)16-2)15(21)13-6-7-17-10-12(13)5-4-9-19/h6-7,10,19H,3,8-9,11H2,1-2H3,(H,16,20). The van der Waals surface area contributed by atoms with Crippen molar-refractivity contribution < 1.29 is 14.7 Å². The van der Waals surface area contributed by atoms with Crippen LogP contribution in [-0.2, 0) is 4.79 Å². The molecule has 0 aliphatic rings. The molecule has 0 fully saturated rings. The van der Waals surface area contributed by atoms with Crippen LogP contribution in [0, 0.1) is 11.8 Å². The predicted octanol–water partition coefficient (Wildman–Crippen LogP) is 0.0236. The fourth-order valence-electron chi connectivity index (χ4n) is 1.76. The van der Waals surface area contributed by atoms with Crippen LogP contribution in [0.3, 0.4) is 0 Å². The van der Waals surface area contributed by atoms with Gasteiger partial charge in [0.1, 0.15) is 6.61 Å². The predicted molar refractivity (Wildman–Crippen MR) is 78.5 cm³/mol. The van der Waals surface area contributed by atoms with Crippen molar-refractivity contribution in [3.05, 3.63) is 29.6 Å². The Morgan fingerprint density at radius 2 is 2.24 bits per heavy atom. The molecular weight excluding hydrogens is 270 g/mol.